The lowest BCUT2D eigenvalue weighted by Gasteiger charge is -2.10. The normalized spacial score (nSPS) is 12.2. The van der Waals surface area contributed by atoms with Crippen LogP contribution in [0, 0.1) is 0 Å². The SMILES string of the molecule is C[C@H](CO)NC(=O)CSc1ccc(Cl)cc1. The van der Waals surface area contributed by atoms with E-state index in [0.29, 0.717) is 10.8 Å². The van der Waals surface area contributed by atoms with Gasteiger partial charge in [0.15, 0.2) is 0 Å². The zero-order chi connectivity index (χ0) is 12.0. The predicted molar refractivity (Wildman–Crippen MR) is 66.9 cm³/mol. The van der Waals surface area contributed by atoms with Gasteiger partial charge in [0.05, 0.1) is 12.4 Å². The van der Waals surface area contributed by atoms with Crippen molar-refractivity contribution in [3.63, 3.8) is 0 Å². The molecule has 1 aromatic carbocycles. The summed E-state index contributed by atoms with van der Waals surface area (Å²) in [4.78, 5) is 12.4. The zero-order valence-corrected chi connectivity index (χ0v) is 10.5. The summed E-state index contributed by atoms with van der Waals surface area (Å²) in [5, 5.41) is 12.1. The summed E-state index contributed by atoms with van der Waals surface area (Å²) >= 11 is 7.18. The van der Waals surface area contributed by atoms with Crippen molar-refractivity contribution in [2.24, 2.45) is 0 Å². The molecule has 1 rings (SSSR count). The van der Waals surface area contributed by atoms with Crippen LogP contribution < -0.4 is 5.32 Å². The fourth-order valence-electron chi connectivity index (χ4n) is 1.04. The van der Waals surface area contributed by atoms with Gasteiger partial charge in [-0.3, -0.25) is 4.79 Å². The maximum absolute atomic E-state index is 11.4. The van der Waals surface area contributed by atoms with Gasteiger partial charge in [-0.2, -0.15) is 0 Å². The standard InChI is InChI=1S/C11H14ClNO2S/c1-8(6-14)13-11(15)7-16-10-4-2-9(12)3-5-10/h2-5,8,14H,6-7H2,1H3,(H,13,15)/t8-/m1/s1. The Morgan fingerprint density at radius 3 is 2.69 bits per heavy atom. The molecule has 0 bridgehead atoms. The zero-order valence-electron chi connectivity index (χ0n) is 8.94. The van der Waals surface area contributed by atoms with E-state index < -0.39 is 0 Å². The molecule has 0 saturated carbocycles. The van der Waals surface area contributed by atoms with Crippen molar-refractivity contribution in [1.82, 2.24) is 5.32 Å². The van der Waals surface area contributed by atoms with Crippen LogP contribution in [0.5, 0.6) is 0 Å². The van der Waals surface area contributed by atoms with E-state index >= 15 is 0 Å². The number of carbonyl (C=O) groups excluding carboxylic acids is 1. The summed E-state index contributed by atoms with van der Waals surface area (Å²) in [5.74, 6) is 0.257. The van der Waals surface area contributed by atoms with Crippen molar-refractivity contribution in [3.05, 3.63) is 29.3 Å². The third-order valence-corrected chi connectivity index (χ3v) is 3.13. The van der Waals surface area contributed by atoms with E-state index in [1.165, 1.54) is 11.8 Å². The molecule has 0 aliphatic heterocycles. The number of halogens is 1. The first-order valence-corrected chi connectivity index (χ1v) is 6.26. The van der Waals surface area contributed by atoms with Gasteiger partial charge in [0.2, 0.25) is 5.91 Å². The van der Waals surface area contributed by atoms with Crippen LogP contribution in [0.2, 0.25) is 5.02 Å². The van der Waals surface area contributed by atoms with E-state index in [-0.39, 0.29) is 18.6 Å². The third kappa shape index (κ3) is 4.88. The Kier molecular flexibility index (Phi) is 5.66. The van der Waals surface area contributed by atoms with Crippen LogP contribution in [-0.2, 0) is 4.79 Å². The second-order valence-electron chi connectivity index (χ2n) is 3.39. The van der Waals surface area contributed by atoms with Crippen molar-refractivity contribution in [2.75, 3.05) is 12.4 Å². The Morgan fingerprint density at radius 2 is 2.12 bits per heavy atom. The maximum Gasteiger partial charge on any atom is 0.230 e. The van der Waals surface area contributed by atoms with Crippen molar-refractivity contribution >= 4 is 29.3 Å². The molecule has 0 fully saturated rings. The van der Waals surface area contributed by atoms with Crippen molar-refractivity contribution < 1.29 is 9.90 Å². The lowest BCUT2D eigenvalue weighted by atomic mass is 10.4. The average molecular weight is 260 g/mol. The maximum atomic E-state index is 11.4. The number of aliphatic hydroxyl groups is 1. The van der Waals surface area contributed by atoms with Gasteiger partial charge in [0.1, 0.15) is 0 Å². The van der Waals surface area contributed by atoms with E-state index in [9.17, 15) is 4.79 Å². The van der Waals surface area contributed by atoms with Gasteiger partial charge in [-0.15, -0.1) is 11.8 Å². The number of hydrogen-bond acceptors (Lipinski definition) is 3. The summed E-state index contributed by atoms with van der Waals surface area (Å²) in [6.07, 6.45) is 0. The molecule has 0 radical (unpaired) electrons. The molecule has 0 aromatic heterocycles. The number of hydrogen-bond donors (Lipinski definition) is 2. The van der Waals surface area contributed by atoms with E-state index in [2.05, 4.69) is 5.32 Å². The number of thioether (sulfide) groups is 1. The number of aliphatic hydroxyl groups excluding tert-OH is 1. The molecule has 0 unspecified atom stereocenters. The fourth-order valence-corrected chi connectivity index (χ4v) is 1.88. The van der Waals surface area contributed by atoms with Crippen molar-refractivity contribution in [2.45, 2.75) is 17.9 Å². The van der Waals surface area contributed by atoms with Gasteiger partial charge in [-0.25, -0.2) is 0 Å². The molecule has 1 atom stereocenters. The van der Waals surface area contributed by atoms with Crippen molar-refractivity contribution in [1.29, 1.82) is 0 Å². The quantitative estimate of drug-likeness (QED) is 0.795. The highest BCUT2D eigenvalue weighted by molar-refractivity contribution is 8.00. The molecule has 1 amide bonds. The van der Waals surface area contributed by atoms with Crippen LogP contribution in [0.15, 0.2) is 29.2 Å². The largest absolute Gasteiger partial charge is 0.394 e. The van der Waals surface area contributed by atoms with Gasteiger partial charge < -0.3 is 10.4 Å². The Labute approximate surface area is 104 Å². The molecular formula is C11H14ClNO2S. The number of nitrogens with one attached hydrogen (secondary N) is 1. The van der Waals surface area contributed by atoms with E-state index in [1.807, 2.05) is 12.1 Å². The van der Waals surface area contributed by atoms with Crippen LogP contribution in [0.1, 0.15) is 6.92 Å². The molecule has 0 aliphatic carbocycles. The summed E-state index contributed by atoms with van der Waals surface area (Å²) in [6, 6.07) is 7.13. The Hall–Kier alpha value is -0.710. The number of rotatable bonds is 5. The first kappa shape index (κ1) is 13.4. The van der Waals surface area contributed by atoms with E-state index in [4.69, 9.17) is 16.7 Å². The summed E-state index contributed by atoms with van der Waals surface area (Å²) in [6.45, 7) is 1.71. The minimum absolute atomic E-state index is 0.0443. The van der Waals surface area contributed by atoms with Crippen LogP contribution in [0.25, 0.3) is 0 Å². The first-order chi connectivity index (χ1) is 7.61. The molecule has 0 spiro atoms. The molecule has 0 heterocycles. The Balaban J connectivity index is 2.34. The van der Waals surface area contributed by atoms with Crippen LogP contribution in [-0.4, -0.2) is 29.4 Å². The summed E-state index contributed by atoms with van der Waals surface area (Å²) in [5.41, 5.74) is 0. The third-order valence-electron chi connectivity index (χ3n) is 1.86. The van der Waals surface area contributed by atoms with Crippen molar-refractivity contribution in [3.8, 4) is 0 Å². The Bertz CT molecular complexity index is 342. The topological polar surface area (TPSA) is 49.3 Å². The van der Waals surface area contributed by atoms with Gasteiger partial charge in [0, 0.05) is 16.0 Å². The van der Waals surface area contributed by atoms with Crippen LogP contribution in [0.3, 0.4) is 0 Å². The highest BCUT2D eigenvalue weighted by Gasteiger charge is 2.06. The summed E-state index contributed by atoms with van der Waals surface area (Å²) < 4.78 is 0. The van der Waals surface area contributed by atoms with Gasteiger partial charge in [-0.1, -0.05) is 11.6 Å². The average Bonchev–Trinajstić information content (AvgIpc) is 2.28. The monoisotopic (exact) mass is 259 g/mol. The van der Waals surface area contributed by atoms with Gasteiger partial charge in [-0.05, 0) is 31.2 Å². The van der Waals surface area contributed by atoms with Gasteiger partial charge >= 0.3 is 0 Å². The van der Waals surface area contributed by atoms with Crippen LogP contribution in [0.4, 0.5) is 0 Å². The molecular weight excluding hydrogens is 246 g/mol. The smallest absolute Gasteiger partial charge is 0.230 e. The number of amides is 1. The molecule has 1 aromatic rings. The molecule has 2 N–H and O–H groups in total. The summed E-state index contributed by atoms with van der Waals surface area (Å²) in [7, 11) is 0. The highest BCUT2D eigenvalue weighted by atomic mass is 35.5. The molecule has 88 valence electrons. The van der Waals surface area contributed by atoms with E-state index in [0.717, 1.165) is 4.90 Å². The van der Waals surface area contributed by atoms with Gasteiger partial charge in [0.25, 0.3) is 0 Å². The minimum atomic E-state index is -0.196. The second-order valence-corrected chi connectivity index (χ2v) is 4.88. The Morgan fingerprint density at radius 1 is 1.50 bits per heavy atom. The number of carbonyl (C=O) groups is 1. The molecule has 0 saturated heterocycles. The number of benzene rings is 1. The van der Waals surface area contributed by atoms with E-state index in [1.54, 1.807) is 19.1 Å². The van der Waals surface area contributed by atoms with Crippen LogP contribution >= 0.6 is 23.4 Å². The minimum Gasteiger partial charge on any atom is -0.394 e. The fraction of sp³-hybridized carbons (Fsp3) is 0.364. The lowest BCUT2D eigenvalue weighted by molar-refractivity contribution is -0.119. The molecule has 0 aliphatic rings. The molecule has 16 heavy (non-hydrogen) atoms. The second kappa shape index (κ2) is 6.78. The molecule has 3 nitrogen and oxygen atoms in total. The lowest BCUT2D eigenvalue weighted by Crippen LogP contribution is -2.36. The highest BCUT2D eigenvalue weighted by Crippen LogP contribution is 2.19. The predicted octanol–water partition coefficient (Wildman–Crippen LogP) is 1.93. The first-order valence-electron chi connectivity index (χ1n) is 4.90. The molecule has 5 heteroatoms.